The van der Waals surface area contributed by atoms with Crippen molar-refractivity contribution in [1.29, 1.82) is 0 Å². The minimum atomic E-state index is -0.385. The highest BCUT2D eigenvalue weighted by Crippen LogP contribution is 2.09. The van der Waals surface area contributed by atoms with Crippen LogP contribution in [0.15, 0.2) is 48.5 Å². The van der Waals surface area contributed by atoms with E-state index in [2.05, 4.69) is 10.9 Å². The third-order valence-electron chi connectivity index (χ3n) is 2.91. The summed E-state index contributed by atoms with van der Waals surface area (Å²) in [7, 11) is 0. The molecule has 0 bridgehead atoms. The molecule has 2 amide bonds. The Balaban J connectivity index is 1.84. The fourth-order valence-corrected chi connectivity index (χ4v) is 1.86. The Kier molecular flexibility index (Phi) is 4.95. The van der Waals surface area contributed by atoms with Crippen molar-refractivity contribution in [2.45, 2.75) is 13.3 Å². The van der Waals surface area contributed by atoms with Crippen LogP contribution in [-0.4, -0.2) is 11.8 Å². The molecule has 108 valence electrons. The molecule has 2 aromatic rings. The van der Waals surface area contributed by atoms with Crippen molar-refractivity contribution in [2.75, 3.05) is 0 Å². The summed E-state index contributed by atoms with van der Waals surface area (Å²) in [6.45, 7) is 1.98. The lowest BCUT2D eigenvalue weighted by Gasteiger charge is -2.07. The van der Waals surface area contributed by atoms with Crippen LogP contribution in [0.25, 0.3) is 0 Å². The van der Waals surface area contributed by atoms with Crippen molar-refractivity contribution >= 4 is 23.4 Å². The fourth-order valence-electron chi connectivity index (χ4n) is 1.74. The van der Waals surface area contributed by atoms with Gasteiger partial charge in [-0.1, -0.05) is 41.4 Å². The normalized spacial score (nSPS) is 10.0. The lowest BCUT2D eigenvalue weighted by Crippen LogP contribution is -2.42. The minimum absolute atomic E-state index is 0.210. The van der Waals surface area contributed by atoms with Crippen molar-refractivity contribution in [2.24, 2.45) is 0 Å². The average Bonchev–Trinajstić information content (AvgIpc) is 2.48. The van der Waals surface area contributed by atoms with Gasteiger partial charge >= 0.3 is 0 Å². The molecule has 2 rings (SSSR count). The second-order valence-corrected chi connectivity index (χ2v) is 5.11. The lowest BCUT2D eigenvalue weighted by molar-refractivity contribution is -0.121. The first-order valence-electron chi connectivity index (χ1n) is 6.45. The molecule has 0 heterocycles. The van der Waals surface area contributed by atoms with Gasteiger partial charge in [0.2, 0.25) is 5.91 Å². The molecule has 0 saturated heterocycles. The molecule has 0 aromatic heterocycles. The van der Waals surface area contributed by atoms with Crippen LogP contribution in [0.2, 0.25) is 5.02 Å². The van der Waals surface area contributed by atoms with E-state index in [9.17, 15) is 9.59 Å². The van der Waals surface area contributed by atoms with Crippen LogP contribution in [0.5, 0.6) is 0 Å². The predicted octanol–water partition coefficient (Wildman–Crippen LogP) is 2.65. The Morgan fingerprint density at radius 1 is 0.952 bits per heavy atom. The van der Waals surface area contributed by atoms with E-state index >= 15 is 0 Å². The molecule has 4 nitrogen and oxygen atoms in total. The molecule has 2 N–H and O–H groups in total. The van der Waals surface area contributed by atoms with E-state index < -0.39 is 0 Å². The van der Waals surface area contributed by atoms with E-state index in [0.29, 0.717) is 10.6 Å². The van der Waals surface area contributed by atoms with E-state index in [1.54, 1.807) is 24.3 Å². The molecule has 0 atom stereocenters. The first kappa shape index (κ1) is 15.1. The van der Waals surface area contributed by atoms with Crippen LogP contribution in [0.4, 0.5) is 0 Å². The van der Waals surface area contributed by atoms with Crippen molar-refractivity contribution in [3.8, 4) is 0 Å². The molecule has 0 radical (unpaired) electrons. The second kappa shape index (κ2) is 6.90. The summed E-state index contributed by atoms with van der Waals surface area (Å²) < 4.78 is 0. The molecule has 0 unspecified atom stereocenters. The smallest absolute Gasteiger partial charge is 0.269 e. The summed E-state index contributed by atoms with van der Waals surface area (Å²) in [4.78, 5) is 23.5. The Labute approximate surface area is 128 Å². The van der Waals surface area contributed by atoms with E-state index in [1.165, 1.54) is 0 Å². The zero-order valence-electron chi connectivity index (χ0n) is 11.5. The maximum Gasteiger partial charge on any atom is 0.269 e. The van der Waals surface area contributed by atoms with Gasteiger partial charge in [0, 0.05) is 10.6 Å². The molecular formula is C16H15ClN2O2. The van der Waals surface area contributed by atoms with Gasteiger partial charge in [-0.05, 0) is 36.8 Å². The Hall–Kier alpha value is -2.33. The molecular weight excluding hydrogens is 288 g/mol. The number of rotatable bonds is 3. The quantitative estimate of drug-likeness (QED) is 0.856. The maximum absolute atomic E-state index is 11.8. The fraction of sp³-hybridized carbons (Fsp3) is 0.125. The number of carbonyl (C=O) groups excluding carboxylic acids is 2. The summed E-state index contributed by atoms with van der Waals surface area (Å²) >= 11 is 5.74. The number of carbonyl (C=O) groups is 2. The standard InChI is InChI=1S/C16H15ClN2O2/c1-11-2-4-12(5-3-11)10-15(20)18-19-16(21)13-6-8-14(17)9-7-13/h2-9H,10H2,1H3,(H,18,20)(H,19,21). The molecule has 0 aliphatic heterocycles. The van der Waals surface area contributed by atoms with Gasteiger partial charge in [-0.25, -0.2) is 0 Å². The molecule has 0 saturated carbocycles. The molecule has 0 fully saturated rings. The van der Waals surface area contributed by atoms with Crippen LogP contribution >= 0.6 is 11.6 Å². The van der Waals surface area contributed by atoms with Gasteiger partial charge in [-0.2, -0.15) is 0 Å². The van der Waals surface area contributed by atoms with E-state index in [1.807, 2.05) is 31.2 Å². The highest BCUT2D eigenvalue weighted by atomic mass is 35.5. The first-order chi connectivity index (χ1) is 10.0. The predicted molar refractivity (Wildman–Crippen MR) is 81.9 cm³/mol. The minimum Gasteiger partial charge on any atom is -0.273 e. The molecule has 0 aliphatic rings. The van der Waals surface area contributed by atoms with Crippen molar-refractivity contribution in [1.82, 2.24) is 10.9 Å². The first-order valence-corrected chi connectivity index (χ1v) is 6.83. The number of hydrogen-bond donors (Lipinski definition) is 2. The summed E-state index contributed by atoms with van der Waals surface area (Å²) in [5.74, 6) is -0.662. The third kappa shape index (κ3) is 4.61. The molecule has 0 spiro atoms. The van der Waals surface area contributed by atoms with E-state index in [0.717, 1.165) is 11.1 Å². The number of aryl methyl sites for hydroxylation is 1. The SMILES string of the molecule is Cc1ccc(CC(=O)NNC(=O)c2ccc(Cl)cc2)cc1. The van der Waals surface area contributed by atoms with Crippen molar-refractivity contribution in [3.05, 3.63) is 70.2 Å². The second-order valence-electron chi connectivity index (χ2n) is 4.67. The van der Waals surface area contributed by atoms with Gasteiger partial charge in [0.25, 0.3) is 5.91 Å². The van der Waals surface area contributed by atoms with Crippen molar-refractivity contribution in [3.63, 3.8) is 0 Å². The van der Waals surface area contributed by atoms with Gasteiger partial charge in [0.1, 0.15) is 0 Å². The molecule has 0 aliphatic carbocycles. The molecule has 2 aromatic carbocycles. The number of hydrazine groups is 1. The lowest BCUT2D eigenvalue weighted by atomic mass is 10.1. The molecule has 5 heteroatoms. The number of benzene rings is 2. The highest BCUT2D eigenvalue weighted by Gasteiger charge is 2.07. The van der Waals surface area contributed by atoms with Crippen LogP contribution < -0.4 is 10.9 Å². The van der Waals surface area contributed by atoms with Crippen LogP contribution in [0.1, 0.15) is 21.5 Å². The summed E-state index contributed by atoms with van der Waals surface area (Å²) in [5, 5.41) is 0.551. The number of nitrogens with one attached hydrogen (secondary N) is 2. The molecule has 21 heavy (non-hydrogen) atoms. The third-order valence-corrected chi connectivity index (χ3v) is 3.16. The van der Waals surface area contributed by atoms with Gasteiger partial charge in [-0.15, -0.1) is 0 Å². The summed E-state index contributed by atoms with van der Waals surface area (Å²) in [5.41, 5.74) is 7.20. The largest absolute Gasteiger partial charge is 0.273 e. The summed E-state index contributed by atoms with van der Waals surface area (Å²) in [6.07, 6.45) is 0.210. The van der Waals surface area contributed by atoms with Gasteiger partial charge in [0.05, 0.1) is 6.42 Å². The topological polar surface area (TPSA) is 58.2 Å². The van der Waals surface area contributed by atoms with Crippen LogP contribution in [-0.2, 0) is 11.2 Å². The van der Waals surface area contributed by atoms with Gasteiger partial charge in [-0.3, -0.25) is 20.4 Å². The Morgan fingerprint density at radius 2 is 1.57 bits per heavy atom. The van der Waals surface area contributed by atoms with Crippen LogP contribution in [0, 0.1) is 6.92 Å². The monoisotopic (exact) mass is 302 g/mol. The van der Waals surface area contributed by atoms with Gasteiger partial charge < -0.3 is 0 Å². The zero-order chi connectivity index (χ0) is 15.2. The Bertz CT molecular complexity index is 636. The van der Waals surface area contributed by atoms with E-state index in [4.69, 9.17) is 11.6 Å². The highest BCUT2D eigenvalue weighted by molar-refractivity contribution is 6.30. The Morgan fingerprint density at radius 3 is 2.19 bits per heavy atom. The van der Waals surface area contributed by atoms with Crippen LogP contribution in [0.3, 0.4) is 0 Å². The van der Waals surface area contributed by atoms with Crippen molar-refractivity contribution < 1.29 is 9.59 Å². The average molecular weight is 303 g/mol. The summed E-state index contributed by atoms with van der Waals surface area (Å²) in [6, 6.07) is 14.1. The van der Waals surface area contributed by atoms with E-state index in [-0.39, 0.29) is 18.2 Å². The maximum atomic E-state index is 11.8. The zero-order valence-corrected chi connectivity index (χ0v) is 12.3. The number of amides is 2. The number of halogens is 1. The van der Waals surface area contributed by atoms with Gasteiger partial charge in [0.15, 0.2) is 0 Å². The number of hydrogen-bond acceptors (Lipinski definition) is 2.